The summed E-state index contributed by atoms with van der Waals surface area (Å²) in [6.07, 6.45) is 1.65. The van der Waals surface area contributed by atoms with Crippen LogP contribution < -0.4 is 19.9 Å². The molecule has 1 aromatic carbocycles. The van der Waals surface area contributed by atoms with Crippen LogP contribution in [0.15, 0.2) is 24.8 Å². The van der Waals surface area contributed by atoms with Crippen molar-refractivity contribution >= 4 is 0 Å². The predicted molar refractivity (Wildman–Crippen MR) is 63.2 cm³/mol. The number of hydrogen-bond acceptors (Lipinski definition) is 4. The van der Waals surface area contributed by atoms with Crippen LogP contribution in [0.1, 0.15) is 11.6 Å². The van der Waals surface area contributed by atoms with E-state index in [-0.39, 0.29) is 6.04 Å². The molecule has 0 radical (unpaired) electrons. The van der Waals surface area contributed by atoms with Gasteiger partial charge in [0.1, 0.15) is 0 Å². The van der Waals surface area contributed by atoms with E-state index >= 15 is 0 Å². The maximum Gasteiger partial charge on any atom is 0.203 e. The van der Waals surface area contributed by atoms with Crippen LogP contribution in [0, 0.1) is 0 Å². The SMILES string of the molecule is C=C[C@H](N)c1cc(OC)c(OC)c(OC)c1. The van der Waals surface area contributed by atoms with Crippen LogP contribution in [-0.4, -0.2) is 21.3 Å². The van der Waals surface area contributed by atoms with Gasteiger partial charge in [-0.1, -0.05) is 6.08 Å². The van der Waals surface area contributed by atoms with Gasteiger partial charge in [0.2, 0.25) is 5.75 Å². The Hall–Kier alpha value is -1.68. The molecule has 0 bridgehead atoms. The standard InChI is InChI=1S/C12H17NO3/c1-5-9(13)8-6-10(14-2)12(16-4)11(7-8)15-3/h5-7,9H,1,13H2,2-4H3/t9-/m0/s1. The monoisotopic (exact) mass is 223 g/mol. The number of ether oxygens (including phenoxy) is 3. The van der Waals surface area contributed by atoms with Crippen molar-refractivity contribution in [3.63, 3.8) is 0 Å². The molecule has 0 aliphatic heterocycles. The normalized spacial score (nSPS) is 11.8. The van der Waals surface area contributed by atoms with Gasteiger partial charge in [-0.3, -0.25) is 0 Å². The van der Waals surface area contributed by atoms with Crippen molar-refractivity contribution in [2.24, 2.45) is 5.73 Å². The molecule has 0 spiro atoms. The first-order chi connectivity index (χ1) is 7.67. The topological polar surface area (TPSA) is 53.7 Å². The first-order valence-electron chi connectivity index (χ1n) is 4.86. The van der Waals surface area contributed by atoms with Crippen molar-refractivity contribution in [2.45, 2.75) is 6.04 Å². The predicted octanol–water partition coefficient (Wildman–Crippen LogP) is 1.90. The highest BCUT2D eigenvalue weighted by Gasteiger charge is 2.14. The van der Waals surface area contributed by atoms with E-state index in [9.17, 15) is 0 Å². The van der Waals surface area contributed by atoms with E-state index in [0.29, 0.717) is 17.2 Å². The molecular formula is C12H17NO3. The average Bonchev–Trinajstić information content (AvgIpc) is 2.35. The molecule has 0 saturated heterocycles. The molecule has 4 nitrogen and oxygen atoms in total. The molecule has 1 atom stereocenters. The van der Waals surface area contributed by atoms with Gasteiger partial charge in [-0.2, -0.15) is 0 Å². The molecule has 1 aromatic rings. The van der Waals surface area contributed by atoms with Gasteiger partial charge in [-0.25, -0.2) is 0 Å². The van der Waals surface area contributed by atoms with Crippen molar-refractivity contribution in [1.82, 2.24) is 0 Å². The molecule has 0 heterocycles. The molecule has 0 saturated carbocycles. The highest BCUT2D eigenvalue weighted by molar-refractivity contribution is 5.54. The fraction of sp³-hybridized carbons (Fsp3) is 0.333. The van der Waals surface area contributed by atoms with Crippen molar-refractivity contribution in [2.75, 3.05) is 21.3 Å². The minimum absolute atomic E-state index is 0.256. The van der Waals surface area contributed by atoms with E-state index in [1.165, 1.54) is 0 Å². The minimum atomic E-state index is -0.256. The molecule has 0 fully saturated rings. The fourth-order valence-electron chi connectivity index (χ4n) is 1.43. The molecule has 0 aliphatic rings. The summed E-state index contributed by atoms with van der Waals surface area (Å²) in [5, 5.41) is 0. The van der Waals surface area contributed by atoms with Crippen LogP contribution in [0.4, 0.5) is 0 Å². The fourth-order valence-corrected chi connectivity index (χ4v) is 1.43. The number of methoxy groups -OCH3 is 3. The third kappa shape index (κ3) is 2.28. The summed E-state index contributed by atoms with van der Waals surface area (Å²) < 4.78 is 15.6. The molecule has 2 N–H and O–H groups in total. The van der Waals surface area contributed by atoms with E-state index < -0.39 is 0 Å². The van der Waals surface area contributed by atoms with E-state index in [1.807, 2.05) is 12.1 Å². The van der Waals surface area contributed by atoms with E-state index in [2.05, 4.69) is 6.58 Å². The van der Waals surface area contributed by atoms with Gasteiger partial charge < -0.3 is 19.9 Å². The Kier molecular flexibility index (Phi) is 4.19. The molecule has 1 rings (SSSR count). The molecule has 88 valence electrons. The van der Waals surface area contributed by atoms with Crippen molar-refractivity contribution in [3.05, 3.63) is 30.4 Å². The zero-order chi connectivity index (χ0) is 12.1. The lowest BCUT2D eigenvalue weighted by Crippen LogP contribution is -2.07. The summed E-state index contributed by atoms with van der Waals surface area (Å²) in [6, 6.07) is 3.37. The van der Waals surface area contributed by atoms with Crippen LogP contribution in [0.2, 0.25) is 0 Å². The third-order valence-electron chi connectivity index (χ3n) is 2.33. The number of hydrogen-bond donors (Lipinski definition) is 1. The van der Waals surface area contributed by atoms with E-state index in [0.717, 1.165) is 5.56 Å². The second-order valence-electron chi connectivity index (χ2n) is 3.22. The Labute approximate surface area is 95.6 Å². The number of rotatable bonds is 5. The molecule has 0 aliphatic carbocycles. The summed E-state index contributed by atoms with van der Waals surface area (Å²) in [4.78, 5) is 0. The van der Waals surface area contributed by atoms with Gasteiger partial charge in [0.25, 0.3) is 0 Å². The van der Waals surface area contributed by atoms with Gasteiger partial charge in [-0.05, 0) is 17.7 Å². The van der Waals surface area contributed by atoms with E-state index in [1.54, 1.807) is 27.4 Å². The first kappa shape index (κ1) is 12.4. The lowest BCUT2D eigenvalue weighted by atomic mass is 10.1. The Morgan fingerprint density at radius 3 is 1.94 bits per heavy atom. The Morgan fingerprint density at radius 1 is 1.12 bits per heavy atom. The Balaban J connectivity index is 3.30. The molecule has 0 unspecified atom stereocenters. The van der Waals surface area contributed by atoms with Crippen LogP contribution in [0.25, 0.3) is 0 Å². The number of benzene rings is 1. The van der Waals surface area contributed by atoms with Crippen molar-refractivity contribution in [3.8, 4) is 17.2 Å². The summed E-state index contributed by atoms with van der Waals surface area (Å²) >= 11 is 0. The van der Waals surface area contributed by atoms with Crippen LogP contribution in [0.5, 0.6) is 17.2 Å². The van der Waals surface area contributed by atoms with Gasteiger partial charge in [0.15, 0.2) is 11.5 Å². The molecule has 0 amide bonds. The van der Waals surface area contributed by atoms with Gasteiger partial charge in [-0.15, -0.1) is 6.58 Å². The van der Waals surface area contributed by atoms with Crippen LogP contribution in [0.3, 0.4) is 0 Å². The van der Waals surface area contributed by atoms with Gasteiger partial charge in [0, 0.05) is 6.04 Å². The molecule has 0 aromatic heterocycles. The van der Waals surface area contributed by atoms with Crippen molar-refractivity contribution in [1.29, 1.82) is 0 Å². The average molecular weight is 223 g/mol. The highest BCUT2D eigenvalue weighted by atomic mass is 16.5. The molecule has 4 heteroatoms. The zero-order valence-electron chi connectivity index (χ0n) is 9.82. The summed E-state index contributed by atoms with van der Waals surface area (Å²) in [5.74, 6) is 1.74. The lowest BCUT2D eigenvalue weighted by Gasteiger charge is -2.15. The summed E-state index contributed by atoms with van der Waals surface area (Å²) in [7, 11) is 4.70. The van der Waals surface area contributed by atoms with Crippen LogP contribution >= 0.6 is 0 Å². The highest BCUT2D eigenvalue weighted by Crippen LogP contribution is 2.39. The largest absolute Gasteiger partial charge is 0.493 e. The minimum Gasteiger partial charge on any atom is -0.493 e. The second-order valence-corrected chi connectivity index (χ2v) is 3.22. The lowest BCUT2D eigenvalue weighted by molar-refractivity contribution is 0.323. The zero-order valence-corrected chi connectivity index (χ0v) is 9.82. The smallest absolute Gasteiger partial charge is 0.203 e. The van der Waals surface area contributed by atoms with Gasteiger partial charge in [0.05, 0.1) is 21.3 Å². The molecule has 16 heavy (non-hydrogen) atoms. The first-order valence-corrected chi connectivity index (χ1v) is 4.86. The second kappa shape index (κ2) is 5.42. The number of nitrogens with two attached hydrogens (primary N) is 1. The Morgan fingerprint density at radius 2 is 1.62 bits per heavy atom. The van der Waals surface area contributed by atoms with Crippen LogP contribution in [-0.2, 0) is 0 Å². The maximum absolute atomic E-state index is 5.86. The third-order valence-corrected chi connectivity index (χ3v) is 2.33. The van der Waals surface area contributed by atoms with Crippen molar-refractivity contribution < 1.29 is 14.2 Å². The quantitative estimate of drug-likeness (QED) is 0.774. The Bertz CT molecular complexity index is 352. The van der Waals surface area contributed by atoms with Gasteiger partial charge >= 0.3 is 0 Å². The molecular weight excluding hydrogens is 206 g/mol. The van der Waals surface area contributed by atoms with E-state index in [4.69, 9.17) is 19.9 Å². The maximum atomic E-state index is 5.86. The summed E-state index contributed by atoms with van der Waals surface area (Å²) in [5.41, 5.74) is 6.73. The summed E-state index contributed by atoms with van der Waals surface area (Å²) in [6.45, 7) is 3.65.